The molecule has 68 valence electrons. The second-order valence-corrected chi connectivity index (χ2v) is 4.33. The van der Waals surface area contributed by atoms with Crippen molar-refractivity contribution in [2.45, 2.75) is 6.92 Å². The highest BCUT2D eigenvalue weighted by Gasteiger charge is 2.35. The average molecular weight is 166 g/mol. The summed E-state index contributed by atoms with van der Waals surface area (Å²) in [4.78, 5) is 2.54. The molecule has 2 aliphatic rings. The van der Waals surface area contributed by atoms with Gasteiger partial charge in [-0.3, -0.25) is 4.90 Å². The predicted octanol–water partition coefficient (Wildman–Crippen LogP) is 0.714. The Kier molecular flexibility index (Phi) is 2.20. The second kappa shape index (κ2) is 3.19. The van der Waals surface area contributed by atoms with E-state index in [1.807, 2.05) is 0 Å². The quantitative estimate of drug-likeness (QED) is 0.608. The molecule has 2 rings (SSSR count). The van der Waals surface area contributed by atoms with Crippen molar-refractivity contribution in [1.29, 1.82) is 0 Å². The maximum atomic E-state index is 3.96. The van der Waals surface area contributed by atoms with Gasteiger partial charge in [0.25, 0.3) is 0 Å². The van der Waals surface area contributed by atoms with E-state index in [-0.39, 0.29) is 0 Å². The first kappa shape index (κ1) is 8.27. The lowest BCUT2D eigenvalue weighted by molar-refractivity contribution is 0.339. The normalized spacial score (nSPS) is 35.4. The fourth-order valence-electron chi connectivity index (χ4n) is 2.46. The molecule has 2 heterocycles. The van der Waals surface area contributed by atoms with E-state index < -0.39 is 0 Å². The minimum Gasteiger partial charge on any atom is -0.316 e. The maximum absolute atomic E-state index is 3.96. The molecule has 2 nitrogen and oxygen atoms in total. The molecule has 0 aromatic rings. The van der Waals surface area contributed by atoms with Crippen molar-refractivity contribution < 1.29 is 0 Å². The monoisotopic (exact) mass is 166 g/mol. The van der Waals surface area contributed by atoms with Crippen molar-refractivity contribution in [3.05, 3.63) is 12.2 Å². The standard InChI is InChI=1S/C10H18N2/c1-8(2)5-12-6-9-3-11-4-10(9)7-12/h9-11H,1,3-7H2,2H3/t9-,10+. The van der Waals surface area contributed by atoms with Gasteiger partial charge in [-0.05, 0) is 31.8 Å². The minimum atomic E-state index is 0.921. The van der Waals surface area contributed by atoms with Gasteiger partial charge in [0.2, 0.25) is 0 Å². The summed E-state index contributed by atoms with van der Waals surface area (Å²) in [6.07, 6.45) is 0. The summed E-state index contributed by atoms with van der Waals surface area (Å²) < 4.78 is 0. The fraction of sp³-hybridized carbons (Fsp3) is 0.800. The Hall–Kier alpha value is -0.340. The number of fused-ring (bicyclic) bond motifs is 1. The predicted molar refractivity (Wildman–Crippen MR) is 51.1 cm³/mol. The molecule has 0 amide bonds. The van der Waals surface area contributed by atoms with Crippen LogP contribution in [0.4, 0.5) is 0 Å². The first-order chi connectivity index (χ1) is 5.75. The van der Waals surface area contributed by atoms with Crippen LogP contribution in [-0.2, 0) is 0 Å². The molecular weight excluding hydrogens is 148 g/mol. The molecule has 0 aliphatic carbocycles. The third kappa shape index (κ3) is 1.54. The number of rotatable bonds is 2. The summed E-state index contributed by atoms with van der Waals surface area (Å²) >= 11 is 0. The van der Waals surface area contributed by atoms with Gasteiger partial charge in [0.15, 0.2) is 0 Å². The lowest BCUT2D eigenvalue weighted by atomic mass is 10.0. The van der Waals surface area contributed by atoms with E-state index in [4.69, 9.17) is 0 Å². The molecule has 0 bridgehead atoms. The molecule has 0 aromatic carbocycles. The van der Waals surface area contributed by atoms with Crippen LogP contribution in [0, 0.1) is 11.8 Å². The molecule has 0 radical (unpaired) electrons. The molecule has 0 spiro atoms. The Morgan fingerprint density at radius 2 is 2.00 bits per heavy atom. The lowest BCUT2D eigenvalue weighted by Crippen LogP contribution is -2.27. The van der Waals surface area contributed by atoms with E-state index in [0.29, 0.717) is 0 Å². The summed E-state index contributed by atoms with van der Waals surface area (Å²) in [5.41, 5.74) is 1.29. The maximum Gasteiger partial charge on any atom is 0.0187 e. The van der Waals surface area contributed by atoms with E-state index in [1.165, 1.54) is 31.8 Å². The van der Waals surface area contributed by atoms with Crippen molar-refractivity contribution in [3.63, 3.8) is 0 Å². The highest BCUT2D eigenvalue weighted by molar-refractivity contribution is 4.98. The van der Waals surface area contributed by atoms with Gasteiger partial charge in [-0.15, -0.1) is 0 Å². The van der Waals surface area contributed by atoms with Crippen LogP contribution in [0.15, 0.2) is 12.2 Å². The zero-order valence-corrected chi connectivity index (χ0v) is 7.84. The molecule has 2 saturated heterocycles. The number of hydrogen-bond acceptors (Lipinski definition) is 2. The van der Waals surface area contributed by atoms with Crippen LogP contribution in [0.1, 0.15) is 6.92 Å². The van der Waals surface area contributed by atoms with E-state index >= 15 is 0 Å². The number of likely N-dealkylation sites (tertiary alicyclic amines) is 1. The van der Waals surface area contributed by atoms with Crippen LogP contribution in [0.25, 0.3) is 0 Å². The molecule has 0 aromatic heterocycles. The van der Waals surface area contributed by atoms with Gasteiger partial charge >= 0.3 is 0 Å². The first-order valence-corrected chi connectivity index (χ1v) is 4.83. The van der Waals surface area contributed by atoms with Gasteiger partial charge in [-0.1, -0.05) is 12.2 Å². The van der Waals surface area contributed by atoms with Gasteiger partial charge in [0, 0.05) is 19.6 Å². The molecule has 0 saturated carbocycles. The van der Waals surface area contributed by atoms with Gasteiger partial charge in [-0.25, -0.2) is 0 Å². The molecule has 2 atom stereocenters. The fourth-order valence-corrected chi connectivity index (χ4v) is 2.46. The Morgan fingerprint density at radius 1 is 1.42 bits per heavy atom. The topological polar surface area (TPSA) is 15.3 Å². The zero-order valence-electron chi connectivity index (χ0n) is 7.84. The third-order valence-electron chi connectivity index (χ3n) is 2.96. The smallest absolute Gasteiger partial charge is 0.0187 e. The van der Waals surface area contributed by atoms with E-state index in [1.54, 1.807) is 0 Å². The van der Waals surface area contributed by atoms with Crippen molar-refractivity contribution in [2.75, 3.05) is 32.7 Å². The molecule has 0 unspecified atom stereocenters. The number of hydrogen-bond donors (Lipinski definition) is 1. The molecule has 12 heavy (non-hydrogen) atoms. The third-order valence-corrected chi connectivity index (χ3v) is 2.96. The zero-order chi connectivity index (χ0) is 8.55. The van der Waals surface area contributed by atoms with Crippen LogP contribution >= 0.6 is 0 Å². The van der Waals surface area contributed by atoms with Crippen LogP contribution in [0.3, 0.4) is 0 Å². The highest BCUT2D eigenvalue weighted by Crippen LogP contribution is 2.26. The molecule has 2 heteroatoms. The SMILES string of the molecule is C=C(C)CN1C[C@H]2CNC[C@H]2C1. The molecule has 2 aliphatic heterocycles. The van der Waals surface area contributed by atoms with Crippen molar-refractivity contribution >= 4 is 0 Å². The number of nitrogens with one attached hydrogen (secondary N) is 1. The Balaban J connectivity index is 1.86. The Morgan fingerprint density at radius 3 is 2.50 bits per heavy atom. The van der Waals surface area contributed by atoms with Crippen LogP contribution in [0.5, 0.6) is 0 Å². The van der Waals surface area contributed by atoms with Gasteiger partial charge in [0.1, 0.15) is 0 Å². The summed E-state index contributed by atoms with van der Waals surface area (Å²) in [5, 5.41) is 3.45. The van der Waals surface area contributed by atoms with Crippen molar-refractivity contribution in [3.8, 4) is 0 Å². The Labute approximate surface area is 74.6 Å². The first-order valence-electron chi connectivity index (χ1n) is 4.83. The van der Waals surface area contributed by atoms with Crippen LogP contribution in [-0.4, -0.2) is 37.6 Å². The minimum absolute atomic E-state index is 0.921. The highest BCUT2D eigenvalue weighted by atomic mass is 15.2. The molecular formula is C10H18N2. The van der Waals surface area contributed by atoms with Gasteiger partial charge in [-0.2, -0.15) is 0 Å². The number of nitrogens with zero attached hydrogens (tertiary/aromatic N) is 1. The van der Waals surface area contributed by atoms with Crippen molar-refractivity contribution in [1.82, 2.24) is 10.2 Å². The van der Waals surface area contributed by atoms with Gasteiger partial charge < -0.3 is 5.32 Å². The summed E-state index contributed by atoms with van der Waals surface area (Å²) in [6, 6.07) is 0. The molecule has 2 fully saturated rings. The largest absolute Gasteiger partial charge is 0.316 e. The Bertz CT molecular complexity index is 176. The van der Waals surface area contributed by atoms with Gasteiger partial charge in [0.05, 0.1) is 0 Å². The van der Waals surface area contributed by atoms with Crippen molar-refractivity contribution in [2.24, 2.45) is 11.8 Å². The van der Waals surface area contributed by atoms with Crippen LogP contribution < -0.4 is 5.32 Å². The van der Waals surface area contributed by atoms with E-state index in [2.05, 4.69) is 23.7 Å². The van der Waals surface area contributed by atoms with Crippen LogP contribution in [0.2, 0.25) is 0 Å². The summed E-state index contributed by atoms with van der Waals surface area (Å²) in [5.74, 6) is 1.84. The second-order valence-electron chi connectivity index (χ2n) is 4.33. The van der Waals surface area contributed by atoms with E-state index in [9.17, 15) is 0 Å². The molecule has 1 N–H and O–H groups in total. The lowest BCUT2D eigenvalue weighted by Gasteiger charge is -2.16. The van der Waals surface area contributed by atoms with E-state index in [0.717, 1.165) is 18.4 Å². The average Bonchev–Trinajstić information content (AvgIpc) is 2.43. The summed E-state index contributed by atoms with van der Waals surface area (Å²) in [7, 11) is 0. The summed E-state index contributed by atoms with van der Waals surface area (Å²) in [6.45, 7) is 12.2.